The molecule has 0 atom stereocenters. The minimum absolute atomic E-state index is 0.605. The summed E-state index contributed by atoms with van der Waals surface area (Å²) < 4.78 is 10.1. The van der Waals surface area contributed by atoms with Gasteiger partial charge in [0.15, 0.2) is 5.82 Å². The number of hydrogen-bond acceptors (Lipinski definition) is 5. The third-order valence-corrected chi connectivity index (χ3v) is 1.47. The van der Waals surface area contributed by atoms with Crippen molar-refractivity contribution in [3.05, 3.63) is 11.7 Å². The fourth-order valence-electron chi connectivity index (χ4n) is 0.896. The highest BCUT2D eigenvalue weighted by atomic mass is 16.5. The molecule has 0 bridgehead atoms. The molecule has 74 valence electrons. The summed E-state index contributed by atoms with van der Waals surface area (Å²) in [5.41, 5.74) is 0. The van der Waals surface area contributed by atoms with Gasteiger partial charge in [-0.3, -0.25) is 0 Å². The summed E-state index contributed by atoms with van der Waals surface area (Å²) in [6.45, 7) is 6.64. The zero-order valence-electron chi connectivity index (χ0n) is 8.04. The number of nitrogens with one attached hydrogen (secondary N) is 1. The molecule has 0 saturated heterocycles. The Kier molecular flexibility index (Phi) is 4.42. The third kappa shape index (κ3) is 4.00. The van der Waals surface area contributed by atoms with E-state index in [1.54, 1.807) is 6.92 Å². The van der Waals surface area contributed by atoms with Crippen LogP contribution in [-0.4, -0.2) is 29.9 Å². The molecule has 0 spiro atoms. The smallest absolute Gasteiger partial charge is 0.240 e. The molecule has 0 fully saturated rings. The van der Waals surface area contributed by atoms with Crippen LogP contribution >= 0.6 is 0 Å². The van der Waals surface area contributed by atoms with Crippen molar-refractivity contribution in [3.8, 4) is 0 Å². The molecule has 13 heavy (non-hydrogen) atoms. The highest BCUT2D eigenvalue weighted by molar-refractivity contribution is 4.81. The normalized spacial score (nSPS) is 10.6. The summed E-state index contributed by atoms with van der Waals surface area (Å²) in [6.07, 6.45) is 0. The lowest BCUT2D eigenvalue weighted by molar-refractivity contribution is 0.148. The molecule has 0 aliphatic carbocycles. The van der Waals surface area contributed by atoms with E-state index in [-0.39, 0.29) is 0 Å². The van der Waals surface area contributed by atoms with Gasteiger partial charge in [0.05, 0.1) is 13.2 Å². The van der Waals surface area contributed by atoms with Gasteiger partial charge in [-0.1, -0.05) is 5.16 Å². The SMILES string of the molecule is CCOCCNCc1nc(C)no1. The minimum atomic E-state index is 0.605. The van der Waals surface area contributed by atoms with Crippen LogP contribution in [0.2, 0.25) is 0 Å². The van der Waals surface area contributed by atoms with Crippen molar-refractivity contribution in [2.75, 3.05) is 19.8 Å². The number of hydrogen-bond donors (Lipinski definition) is 1. The average Bonchev–Trinajstić information content (AvgIpc) is 2.51. The van der Waals surface area contributed by atoms with Gasteiger partial charge in [-0.2, -0.15) is 4.98 Å². The molecule has 5 heteroatoms. The summed E-state index contributed by atoms with van der Waals surface area (Å²) >= 11 is 0. The first-order valence-electron chi connectivity index (χ1n) is 4.40. The molecule has 0 saturated carbocycles. The molecule has 0 aliphatic heterocycles. The first-order valence-corrected chi connectivity index (χ1v) is 4.40. The number of nitrogens with zero attached hydrogens (tertiary/aromatic N) is 2. The fourth-order valence-corrected chi connectivity index (χ4v) is 0.896. The van der Waals surface area contributed by atoms with Crippen molar-refractivity contribution < 1.29 is 9.26 Å². The van der Waals surface area contributed by atoms with Crippen LogP contribution in [0.25, 0.3) is 0 Å². The van der Waals surface area contributed by atoms with E-state index in [2.05, 4.69) is 15.5 Å². The van der Waals surface area contributed by atoms with Gasteiger partial charge in [-0.05, 0) is 13.8 Å². The Morgan fingerprint density at radius 2 is 2.38 bits per heavy atom. The van der Waals surface area contributed by atoms with Gasteiger partial charge >= 0.3 is 0 Å². The number of ether oxygens (including phenoxy) is 1. The molecule has 0 aliphatic rings. The van der Waals surface area contributed by atoms with Gasteiger partial charge < -0.3 is 14.6 Å². The van der Waals surface area contributed by atoms with Crippen LogP contribution in [0.4, 0.5) is 0 Å². The van der Waals surface area contributed by atoms with Crippen molar-refractivity contribution in [1.82, 2.24) is 15.5 Å². The van der Waals surface area contributed by atoms with E-state index in [1.807, 2.05) is 6.92 Å². The van der Waals surface area contributed by atoms with Gasteiger partial charge in [-0.15, -0.1) is 0 Å². The molecule has 1 heterocycles. The number of aryl methyl sites for hydroxylation is 1. The lowest BCUT2D eigenvalue weighted by Gasteiger charge is -2.00. The van der Waals surface area contributed by atoms with Crippen LogP contribution in [0.1, 0.15) is 18.6 Å². The molecule has 1 aromatic heterocycles. The summed E-state index contributed by atoms with van der Waals surface area (Å²) in [4.78, 5) is 4.05. The molecule has 0 unspecified atom stereocenters. The van der Waals surface area contributed by atoms with E-state index >= 15 is 0 Å². The minimum Gasteiger partial charge on any atom is -0.380 e. The molecule has 0 aromatic carbocycles. The van der Waals surface area contributed by atoms with E-state index in [9.17, 15) is 0 Å². The van der Waals surface area contributed by atoms with Gasteiger partial charge in [0, 0.05) is 13.2 Å². The second-order valence-corrected chi connectivity index (χ2v) is 2.61. The second-order valence-electron chi connectivity index (χ2n) is 2.61. The van der Waals surface area contributed by atoms with Gasteiger partial charge in [0.1, 0.15) is 0 Å². The van der Waals surface area contributed by atoms with Crippen LogP contribution in [0, 0.1) is 6.92 Å². The first kappa shape index (κ1) is 10.1. The van der Waals surface area contributed by atoms with Crippen molar-refractivity contribution in [2.45, 2.75) is 20.4 Å². The maximum atomic E-state index is 5.15. The molecule has 1 aromatic rings. The predicted octanol–water partition coefficient (Wildman–Crippen LogP) is 0.504. The fraction of sp³-hybridized carbons (Fsp3) is 0.750. The highest BCUT2D eigenvalue weighted by Gasteiger charge is 2.00. The molecule has 0 radical (unpaired) electrons. The standard InChI is InChI=1S/C8H15N3O2/c1-3-12-5-4-9-6-8-10-7(2)11-13-8/h9H,3-6H2,1-2H3. The Bertz CT molecular complexity index is 237. The highest BCUT2D eigenvalue weighted by Crippen LogP contribution is 1.93. The van der Waals surface area contributed by atoms with Crippen molar-refractivity contribution in [3.63, 3.8) is 0 Å². The van der Waals surface area contributed by atoms with Crippen LogP contribution in [0.5, 0.6) is 0 Å². The first-order chi connectivity index (χ1) is 6.33. The zero-order valence-corrected chi connectivity index (χ0v) is 8.04. The van der Waals surface area contributed by atoms with Crippen LogP contribution in [0.3, 0.4) is 0 Å². The van der Waals surface area contributed by atoms with E-state index < -0.39 is 0 Å². The average molecular weight is 185 g/mol. The van der Waals surface area contributed by atoms with Gasteiger partial charge in [-0.25, -0.2) is 0 Å². The summed E-state index contributed by atoms with van der Waals surface area (Å²) in [5, 5.41) is 6.80. The topological polar surface area (TPSA) is 60.2 Å². The maximum absolute atomic E-state index is 5.15. The largest absolute Gasteiger partial charge is 0.380 e. The zero-order chi connectivity index (χ0) is 9.52. The third-order valence-electron chi connectivity index (χ3n) is 1.47. The lowest BCUT2D eigenvalue weighted by Crippen LogP contribution is -2.19. The maximum Gasteiger partial charge on any atom is 0.240 e. The molecular weight excluding hydrogens is 170 g/mol. The lowest BCUT2D eigenvalue weighted by atomic mass is 10.6. The molecule has 5 nitrogen and oxygen atoms in total. The van der Waals surface area contributed by atoms with Crippen LogP contribution in [0.15, 0.2) is 4.52 Å². The molecular formula is C8H15N3O2. The van der Waals surface area contributed by atoms with Crippen LogP contribution in [-0.2, 0) is 11.3 Å². The van der Waals surface area contributed by atoms with E-state index in [0.29, 0.717) is 24.9 Å². The monoisotopic (exact) mass is 185 g/mol. The molecule has 0 amide bonds. The van der Waals surface area contributed by atoms with Gasteiger partial charge in [0.2, 0.25) is 5.89 Å². The van der Waals surface area contributed by atoms with E-state index in [0.717, 1.165) is 13.2 Å². The number of aromatic nitrogens is 2. The Balaban J connectivity index is 2.06. The van der Waals surface area contributed by atoms with Crippen molar-refractivity contribution >= 4 is 0 Å². The predicted molar refractivity (Wildman–Crippen MR) is 47.2 cm³/mol. The Morgan fingerprint density at radius 1 is 1.54 bits per heavy atom. The van der Waals surface area contributed by atoms with Crippen molar-refractivity contribution in [2.24, 2.45) is 0 Å². The number of rotatable bonds is 6. The Hall–Kier alpha value is -0.940. The van der Waals surface area contributed by atoms with Crippen molar-refractivity contribution in [1.29, 1.82) is 0 Å². The summed E-state index contributed by atoms with van der Waals surface area (Å²) in [6, 6.07) is 0. The molecule has 1 N–H and O–H groups in total. The van der Waals surface area contributed by atoms with E-state index in [4.69, 9.17) is 9.26 Å². The quantitative estimate of drug-likeness (QED) is 0.654. The van der Waals surface area contributed by atoms with E-state index in [1.165, 1.54) is 0 Å². The van der Waals surface area contributed by atoms with Crippen LogP contribution < -0.4 is 5.32 Å². The Morgan fingerprint density at radius 3 is 3.00 bits per heavy atom. The summed E-state index contributed by atoms with van der Waals surface area (Å²) in [7, 11) is 0. The van der Waals surface area contributed by atoms with Gasteiger partial charge in [0.25, 0.3) is 0 Å². The molecule has 1 rings (SSSR count). The second kappa shape index (κ2) is 5.66. The Labute approximate surface area is 77.5 Å². The summed E-state index contributed by atoms with van der Waals surface area (Å²) in [5.74, 6) is 1.29.